The molecule has 3 N–H and O–H groups in total. The molecule has 0 aromatic heterocycles. The average molecular weight is 547 g/mol. The molecule has 1 aliphatic rings. The van der Waals surface area contributed by atoms with Crippen LogP contribution in [-0.4, -0.2) is 28.4 Å². The number of carbonyl (C=O) groups is 1. The summed E-state index contributed by atoms with van der Waals surface area (Å²) in [6.45, 7) is 6.65. The molecule has 1 atom stereocenters. The second-order valence-corrected chi connectivity index (χ2v) is 8.45. The van der Waals surface area contributed by atoms with Gasteiger partial charge in [-0.25, -0.2) is 0 Å². The first kappa shape index (κ1) is 24.1. The fraction of sp³-hybridized carbons (Fsp3) is 0.762. The van der Waals surface area contributed by atoms with Crippen molar-refractivity contribution in [3.8, 4) is 0 Å². The van der Waals surface area contributed by atoms with Crippen molar-refractivity contribution >= 4 is 16.2 Å². The second-order valence-electron chi connectivity index (χ2n) is 7.60. The molecule has 1 fully saturated rings. The van der Waals surface area contributed by atoms with Crippen molar-refractivity contribution in [2.75, 3.05) is 0 Å². The Kier molecular flexibility index (Phi) is 12.6. The molecular weight excluding hydrogens is 510 g/mol. The zero-order chi connectivity index (χ0) is 20.1. The number of nitrogens with zero attached hydrogens (tertiary/aromatic N) is 1. The van der Waals surface area contributed by atoms with Crippen LogP contribution in [0.15, 0.2) is 16.9 Å². The van der Waals surface area contributed by atoms with E-state index in [1.165, 1.54) is 51.1 Å². The average Bonchev–Trinajstić information content (AvgIpc) is 2.61. The molecule has 0 saturated heterocycles. The molecule has 27 heavy (non-hydrogen) atoms. The fourth-order valence-electron chi connectivity index (χ4n) is 3.46. The summed E-state index contributed by atoms with van der Waals surface area (Å²) in [4.78, 5) is 16.1. The topological polar surface area (TPSA) is 76.7 Å². The molecule has 1 saturated carbocycles. The SMILES string of the molecule is CCCCC(CC)O/C([CH]=[W])=N/C(=CC(N)=O)NC1CCCC(C)CCC1. The number of nitrogens with two attached hydrogens (primary N) is 1. The Hall–Kier alpha value is -0.962. The van der Waals surface area contributed by atoms with Crippen molar-refractivity contribution < 1.29 is 28.9 Å². The molecule has 6 heteroatoms. The van der Waals surface area contributed by atoms with Gasteiger partial charge in [0.2, 0.25) is 0 Å². The van der Waals surface area contributed by atoms with Gasteiger partial charge in [-0.15, -0.1) is 0 Å². The van der Waals surface area contributed by atoms with Crippen LogP contribution in [0.3, 0.4) is 0 Å². The Labute approximate surface area is 176 Å². The predicted molar refractivity (Wildman–Crippen MR) is 109 cm³/mol. The van der Waals surface area contributed by atoms with E-state index in [9.17, 15) is 4.79 Å². The third kappa shape index (κ3) is 10.8. The maximum atomic E-state index is 11.5. The number of rotatable bonds is 10. The summed E-state index contributed by atoms with van der Waals surface area (Å²) in [6.07, 6.45) is 13.0. The van der Waals surface area contributed by atoms with Gasteiger partial charge in [0, 0.05) is 0 Å². The fourth-order valence-corrected chi connectivity index (χ4v) is 3.85. The second kappa shape index (κ2) is 14.1. The molecule has 1 amide bonds. The minimum absolute atomic E-state index is 0.164. The van der Waals surface area contributed by atoms with E-state index in [0.717, 1.165) is 44.4 Å². The molecule has 0 aromatic carbocycles. The number of ether oxygens (including phenoxy) is 1. The normalized spacial score (nSPS) is 23.1. The number of carbonyl (C=O) groups excluding carboxylic acids is 1. The van der Waals surface area contributed by atoms with E-state index in [2.05, 4.69) is 31.1 Å². The third-order valence-corrected chi connectivity index (χ3v) is 5.81. The first-order valence-electron chi connectivity index (χ1n) is 10.5. The minimum atomic E-state index is -0.485. The van der Waals surface area contributed by atoms with Crippen LogP contribution in [0.5, 0.6) is 0 Å². The number of primary amides is 1. The van der Waals surface area contributed by atoms with Crippen molar-refractivity contribution in [2.24, 2.45) is 16.6 Å². The van der Waals surface area contributed by atoms with E-state index in [1.807, 2.05) is 4.40 Å². The van der Waals surface area contributed by atoms with Gasteiger partial charge in [0.15, 0.2) is 0 Å². The number of unbranched alkanes of at least 4 members (excludes halogenated alkanes) is 1. The summed E-state index contributed by atoms with van der Waals surface area (Å²) in [7, 11) is 0. The molecule has 1 rings (SSSR count). The molecule has 0 aromatic rings. The number of nitrogens with one attached hydrogen (secondary N) is 1. The van der Waals surface area contributed by atoms with Crippen LogP contribution in [0.1, 0.15) is 85.0 Å². The first-order valence-corrected chi connectivity index (χ1v) is 12.2. The van der Waals surface area contributed by atoms with Crippen LogP contribution in [0, 0.1) is 5.92 Å². The van der Waals surface area contributed by atoms with Crippen molar-refractivity contribution in [2.45, 2.75) is 97.1 Å². The van der Waals surface area contributed by atoms with Crippen molar-refractivity contribution in [1.82, 2.24) is 5.32 Å². The number of hydrogen-bond acceptors (Lipinski definition) is 4. The summed E-state index contributed by atoms with van der Waals surface area (Å²) in [6, 6.07) is 0.333. The molecule has 1 unspecified atom stereocenters. The van der Waals surface area contributed by atoms with Gasteiger partial charge in [0.05, 0.1) is 0 Å². The Balaban J connectivity index is 2.82. The van der Waals surface area contributed by atoms with Crippen LogP contribution < -0.4 is 11.1 Å². The number of aliphatic imine (C=N–C) groups is 1. The number of hydrogen-bond donors (Lipinski definition) is 2. The summed E-state index contributed by atoms with van der Waals surface area (Å²) in [5.74, 6) is 1.45. The molecule has 0 radical (unpaired) electrons. The van der Waals surface area contributed by atoms with Crippen LogP contribution in [0.2, 0.25) is 0 Å². The molecule has 0 spiro atoms. The molecule has 0 bridgehead atoms. The molecule has 0 heterocycles. The van der Waals surface area contributed by atoms with Crippen LogP contribution in [-0.2, 0) is 28.9 Å². The first-order chi connectivity index (χ1) is 13.0. The van der Waals surface area contributed by atoms with E-state index in [-0.39, 0.29) is 6.10 Å². The quantitative estimate of drug-likeness (QED) is 0.247. The van der Waals surface area contributed by atoms with Gasteiger partial charge in [0.1, 0.15) is 0 Å². The summed E-state index contributed by atoms with van der Waals surface area (Å²) in [5, 5.41) is 3.45. The van der Waals surface area contributed by atoms with Crippen molar-refractivity contribution in [1.29, 1.82) is 0 Å². The van der Waals surface area contributed by atoms with Crippen LogP contribution in [0.25, 0.3) is 0 Å². The Morgan fingerprint density at radius 2 is 1.96 bits per heavy atom. The van der Waals surface area contributed by atoms with Gasteiger partial charge in [-0.3, -0.25) is 0 Å². The van der Waals surface area contributed by atoms with Gasteiger partial charge < -0.3 is 0 Å². The van der Waals surface area contributed by atoms with Gasteiger partial charge in [-0.1, -0.05) is 0 Å². The van der Waals surface area contributed by atoms with Crippen molar-refractivity contribution in [3.63, 3.8) is 0 Å². The van der Waals surface area contributed by atoms with Gasteiger partial charge in [-0.2, -0.15) is 0 Å². The number of amides is 1. The summed E-state index contributed by atoms with van der Waals surface area (Å²) >= 11 is 1.27. The zero-order valence-electron chi connectivity index (χ0n) is 17.2. The molecule has 154 valence electrons. The maximum absolute atomic E-state index is 11.5. The molecule has 1 aliphatic carbocycles. The van der Waals surface area contributed by atoms with E-state index in [0.29, 0.717) is 17.8 Å². The molecular formula is C21H37N3O2W. The molecule has 0 aliphatic heterocycles. The van der Waals surface area contributed by atoms with Gasteiger partial charge in [-0.05, 0) is 0 Å². The standard InChI is InChI=1S/C21H37N3O2.W/c1-5-7-14-19(6-2)26-17(4)23-21(15-20(22)25)24-18-12-8-10-16(3)11-9-13-18;/h4,15-16,18-19,24H,5-14H2,1-3H3,(H2,22,25);/b21-15?,23-17+;. The monoisotopic (exact) mass is 547 g/mol. The van der Waals surface area contributed by atoms with E-state index in [4.69, 9.17) is 10.5 Å². The Morgan fingerprint density at radius 3 is 2.48 bits per heavy atom. The third-order valence-electron chi connectivity index (χ3n) is 5.08. The van der Waals surface area contributed by atoms with Gasteiger partial charge in [0.25, 0.3) is 0 Å². The predicted octanol–water partition coefficient (Wildman–Crippen LogP) is 3.99. The van der Waals surface area contributed by atoms with Crippen LogP contribution in [0.4, 0.5) is 0 Å². The van der Waals surface area contributed by atoms with Crippen molar-refractivity contribution in [3.05, 3.63) is 11.9 Å². The molecule has 5 nitrogen and oxygen atoms in total. The van der Waals surface area contributed by atoms with E-state index < -0.39 is 5.91 Å². The van der Waals surface area contributed by atoms with Gasteiger partial charge >= 0.3 is 176 Å². The zero-order valence-corrected chi connectivity index (χ0v) is 20.1. The Bertz CT molecular complexity index is 510. The summed E-state index contributed by atoms with van der Waals surface area (Å²) < 4.78 is 8.03. The Morgan fingerprint density at radius 1 is 1.30 bits per heavy atom. The van der Waals surface area contributed by atoms with Crippen LogP contribution >= 0.6 is 0 Å². The van der Waals surface area contributed by atoms with E-state index >= 15 is 0 Å². The van der Waals surface area contributed by atoms with E-state index in [1.54, 1.807) is 0 Å². The summed E-state index contributed by atoms with van der Waals surface area (Å²) in [5.41, 5.74) is 5.41.